The van der Waals surface area contributed by atoms with Crippen LogP contribution >= 0.6 is 37.2 Å². The van der Waals surface area contributed by atoms with Gasteiger partial charge >= 0.3 is 0 Å². The number of piperazine rings is 2. The van der Waals surface area contributed by atoms with Crippen LogP contribution in [0.25, 0.3) is 22.2 Å². The Balaban J connectivity index is 0.00000290. The number of anilines is 1. The maximum absolute atomic E-state index is 14.2. The summed E-state index contributed by atoms with van der Waals surface area (Å²) in [4.78, 5) is 61.5. The summed E-state index contributed by atoms with van der Waals surface area (Å²) in [5, 5.41) is 0. The second-order valence-electron chi connectivity index (χ2n) is 14.4. The van der Waals surface area contributed by atoms with Gasteiger partial charge in [-0.3, -0.25) is 14.5 Å². The molecule has 6 rings (SSSR count). The molecular formula is C41H55Cl3N8O5. The number of aromatic nitrogens is 2. The van der Waals surface area contributed by atoms with Gasteiger partial charge in [0.1, 0.15) is 17.3 Å². The van der Waals surface area contributed by atoms with Crippen molar-refractivity contribution in [3.8, 4) is 22.6 Å². The molecule has 1 aromatic heterocycles. The van der Waals surface area contributed by atoms with E-state index in [-0.39, 0.29) is 60.1 Å². The summed E-state index contributed by atoms with van der Waals surface area (Å²) in [6.07, 6.45) is 4.61. The average Bonchev–Trinajstić information content (AvgIpc) is 3.59. The summed E-state index contributed by atoms with van der Waals surface area (Å²) in [5.74, 6) is 1.55. The highest BCUT2D eigenvalue weighted by Gasteiger charge is 2.26. The van der Waals surface area contributed by atoms with Gasteiger partial charge in [0, 0.05) is 77.0 Å². The number of ether oxygens (including phenoxy) is 2. The first-order valence-corrected chi connectivity index (χ1v) is 18.8. The highest BCUT2D eigenvalue weighted by atomic mass is 35.5. The van der Waals surface area contributed by atoms with Crippen LogP contribution in [0.2, 0.25) is 0 Å². The Kier molecular flexibility index (Phi) is 18.3. The number of H-pyrrole nitrogens is 1. The van der Waals surface area contributed by atoms with Gasteiger partial charge in [0.25, 0.3) is 5.91 Å². The number of rotatable bonds is 14. The van der Waals surface area contributed by atoms with Crippen LogP contribution in [0.1, 0.15) is 47.4 Å². The number of benzene rings is 3. The number of carbonyl (C=O) groups excluding carboxylic acids is 3. The maximum Gasteiger partial charge on any atom is 0.260 e. The number of unbranched alkanes of at least 4 members (excludes halogenated alkanes) is 2. The number of aliphatic imine (C=N–C) groups is 1. The number of amides is 2. The number of halogens is 3. The van der Waals surface area contributed by atoms with Crippen molar-refractivity contribution in [2.24, 2.45) is 4.99 Å². The van der Waals surface area contributed by atoms with Crippen molar-refractivity contribution in [1.29, 1.82) is 0 Å². The number of nitrogens with one attached hydrogen (secondary N) is 1. The van der Waals surface area contributed by atoms with E-state index in [1.165, 1.54) is 12.0 Å². The van der Waals surface area contributed by atoms with Gasteiger partial charge in [0.15, 0.2) is 5.75 Å². The van der Waals surface area contributed by atoms with E-state index in [0.717, 1.165) is 99.6 Å². The second-order valence-corrected chi connectivity index (χ2v) is 14.4. The van der Waals surface area contributed by atoms with Crippen molar-refractivity contribution in [2.75, 3.05) is 92.1 Å². The summed E-state index contributed by atoms with van der Waals surface area (Å²) in [7, 11) is 7.39. The van der Waals surface area contributed by atoms with Gasteiger partial charge in [0.2, 0.25) is 12.0 Å². The molecule has 2 amide bonds. The number of likely N-dealkylation sites (N-methyl/N-ethyl adjacent to an activating group) is 2. The van der Waals surface area contributed by atoms with Gasteiger partial charge in [-0.05, 0) is 76.2 Å². The number of nitrogens with zero attached hydrogens (tertiary/aromatic N) is 7. The van der Waals surface area contributed by atoms with E-state index in [1.54, 1.807) is 19.2 Å². The molecule has 0 radical (unpaired) electrons. The first-order valence-electron chi connectivity index (χ1n) is 18.8. The van der Waals surface area contributed by atoms with E-state index in [2.05, 4.69) is 38.8 Å². The minimum absolute atomic E-state index is 0. The van der Waals surface area contributed by atoms with Crippen LogP contribution in [-0.2, 0) is 16.1 Å². The number of hydrogen-bond acceptors (Lipinski definition) is 10. The van der Waals surface area contributed by atoms with Crippen molar-refractivity contribution < 1.29 is 23.9 Å². The monoisotopic (exact) mass is 844 g/mol. The Hall–Kier alpha value is -4.20. The highest BCUT2D eigenvalue weighted by molar-refractivity contribution is 6.11. The van der Waals surface area contributed by atoms with Gasteiger partial charge < -0.3 is 34.1 Å². The Labute approximate surface area is 354 Å². The molecule has 310 valence electrons. The van der Waals surface area contributed by atoms with Gasteiger partial charge in [-0.15, -0.1) is 37.2 Å². The molecule has 2 saturated heterocycles. The summed E-state index contributed by atoms with van der Waals surface area (Å²) >= 11 is 0. The Morgan fingerprint density at radius 3 is 2.28 bits per heavy atom. The topological polar surface area (TPSA) is 127 Å². The minimum atomic E-state index is -0.391. The van der Waals surface area contributed by atoms with Gasteiger partial charge in [-0.1, -0.05) is 18.2 Å². The molecule has 1 N–H and O–H groups in total. The number of imidazole rings is 1. The molecule has 2 aliphatic rings. The van der Waals surface area contributed by atoms with Crippen LogP contribution in [0.4, 0.5) is 11.4 Å². The molecule has 0 aliphatic carbocycles. The van der Waals surface area contributed by atoms with Gasteiger partial charge in [-0.25, -0.2) is 9.78 Å². The van der Waals surface area contributed by atoms with Crippen LogP contribution in [0.3, 0.4) is 0 Å². The number of fused-ring (bicyclic) bond motifs is 1. The van der Waals surface area contributed by atoms with Gasteiger partial charge in [-0.2, -0.15) is 4.99 Å². The third kappa shape index (κ3) is 11.5. The third-order valence-corrected chi connectivity index (χ3v) is 10.5. The van der Waals surface area contributed by atoms with E-state index >= 15 is 0 Å². The fourth-order valence-corrected chi connectivity index (χ4v) is 7.17. The zero-order valence-electron chi connectivity index (χ0n) is 33.4. The molecule has 4 aromatic rings. The lowest BCUT2D eigenvalue weighted by Gasteiger charge is -2.32. The maximum atomic E-state index is 14.2. The van der Waals surface area contributed by atoms with E-state index in [9.17, 15) is 14.4 Å². The molecule has 3 aromatic carbocycles. The molecule has 2 aliphatic heterocycles. The van der Waals surface area contributed by atoms with Crippen molar-refractivity contribution in [3.05, 3.63) is 65.5 Å². The predicted molar refractivity (Wildman–Crippen MR) is 232 cm³/mol. The largest absolute Gasteiger partial charge is 0.494 e. The standard InChI is InChI=1S/C41H52N8O5.3ClH/c1-29-13-16-34(35(26-29)54-25-8-6-7-12-37(51)49-23-19-46(3)20-24-49)47(4)41(52)32-15-14-31(40(53-5)39(32)42-28-50)30-10-9-11-33-38(30)44-36(43-33)27-48-21-17-45(2)18-22-48;;;/h9-11,13-16,26H,6-8,12,17-25,27H2,1-5H3,(H,43,44);3*1H. The lowest BCUT2D eigenvalue weighted by molar-refractivity contribution is -0.132. The van der Waals surface area contributed by atoms with Crippen LogP contribution in [0, 0.1) is 6.92 Å². The number of carbonyl (C=O) groups is 2. The van der Waals surface area contributed by atoms with Crippen LogP contribution < -0.4 is 14.4 Å². The Morgan fingerprint density at radius 2 is 1.60 bits per heavy atom. The molecule has 2 fully saturated rings. The third-order valence-electron chi connectivity index (χ3n) is 10.5. The number of aryl methyl sites for hydroxylation is 1. The molecule has 0 spiro atoms. The molecule has 0 bridgehead atoms. The Morgan fingerprint density at radius 1 is 0.895 bits per heavy atom. The lowest BCUT2D eigenvalue weighted by atomic mass is 9.98. The quantitative estimate of drug-likeness (QED) is 0.0859. The molecule has 0 saturated carbocycles. The zero-order valence-corrected chi connectivity index (χ0v) is 35.9. The van der Waals surface area contributed by atoms with E-state index in [1.807, 2.05) is 54.3 Å². The van der Waals surface area contributed by atoms with E-state index < -0.39 is 5.91 Å². The van der Waals surface area contributed by atoms with Crippen molar-refractivity contribution >= 4 is 77.5 Å². The molecule has 13 nitrogen and oxygen atoms in total. The first-order chi connectivity index (χ1) is 26.2. The van der Waals surface area contributed by atoms with Crippen LogP contribution in [-0.4, -0.2) is 135 Å². The lowest BCUT2D eigenvalue weighted by Crippen LogP contribution is -2.47. The highest BCUT2D eigenvalue weighted by Crippen LogP contribution is 2.43. The fraction of sp³-hybridized carbons (Fsp3) is 0.463. The minimum Gasteiger partial charge on any atom is -0.494 e. The number of methoxy groups -OCH3 is 1. The average molecular weight is 846 g/mol. The Bertz CT molecular complexity index is 2010. The van der Waals surface area contributed by atoms with Gasteiger partial charge in [0.05, 0.1) is 42.5 Å². The summed E-state index contributed by atoms with van der Waals surface area (Å²) in [6, 6.07) is 15.0. The summed E-state index contributed by atoms with van der Waals surface area (Å²) < 4.78 is 12.1. The molecule has 57 heavy (non-hydrogen) atoms. The van der Waals surface area contributed by atoms with E-state index in [4.69, 9.17) is 14.5 Å². The van der Waals surface area contributed by atoms with Crippen LogP contribution in [0.15, 0.2) is 53.5 Å². The zero-order chi connectivity index (χ0) is 38.2. The normalized spacial score (nSPS) is 14.8. The SMILES string of the molecule is COc1c(-c2cccc3[nH]c(CN4CCN(C)CC4)nc23)ccc(C(=O)N(C)c2ccc(C)cc2OCCCCCC(=O)N2CCN(C)CC2)c1N=C=O.Cl.Cl.Cl. The molecular weight excluding hydrogens is 791 g/mol. The van der Waals surface area contributed by atoms with Crippen molar-refractivity contribution in [2.45, 2.75) is 39.2 Å². The second kappa shape index (κ2) is 22.1. The first kappa shape index (κ1) is 47.2. The number of isocyanates is 1. The number of aromatic amines is 1. The molecule has 16 heteroatoms. The van der Waals surface area contributed by atoms with Crippen molar-refractivity contribution in [3.63, 3.8) is 0 Å². The number of para-hydroxylation sites is 1. The summed E-state index contributed by atoms with van der Waals surface area (Å²) in [5.41, 5.74) is 4.93. The van der Waals surface area contributed by atoms with E-state index in [0.29, 0.717) is 36.6 Å². The molecule has 0 atom stereocenters. The summed E-state index contributed by atoms with van der Waals surface area (Å²) in [6.45, 7) is 10.5. The predicted octanol–water partition coefficient (Wildman–Crippen LogP) is 6.52. The van der Waals surface area contributed by atoms with Crippen LogP contribution in [0.5, 0.6) is 11.5 Å². The van der Waals surface area contributed by atoms with Crippen molar-refractivity contribution in [1.82, 2.24) is 29.6 Å². The molecule has 0 unspecified atom stereocenters. The molecule has 3 heterocycles. The number of hydrogen-bond donors (Lipinski definition) is 1. The smallest absolute Gasteiger partial charge is 0.260 e. The fourth-order valence-electron chi connectivity index (χ4n) is 7.17.